The van der Waals surface area contributed by atoms with E-state index in [1.165, 1.54) is 24.3 Å². The van der Waals surface area contributed by atoms with Gasteiger partial charge in [0.05, 0.1) is 37.6 Å². The minimum absolute atomic E-state index is 0.190. The van der Waals surface area contributed by atoms with Gasteiger partial charge in [0.15, 0.2) is 12.2 Å². The number of halogens is 2. The zero-order valence-corrected chi connectivity index (χ0v) is 36.3. The van der Waals surface area contributed by atoms with E-state index in [1.54, 1.807) is 115 Å². The lowest BCUT2D eigenvalue weighted by Gasteiger charge is -2.28. The number of hydrogen-bond acceptors (Lipinski definition) is 10. The maximum atomic E-state index is 15.3. The van der Waals surface area contributed by atoms with E-state index >= 15 is 8.78 Å². The van der Waals surface area contributed by atoms with Crippen LogP contribution in [0.5, 0.6) is 11.5 Å². The SMILES string of the molecule is C=CCOOCCCCOc1ccc(-c2ccc(C(=O)O[C@H](c3ccccc3)[C@H](OC(=O)c3ccc(-c4ccc(OCCCCOC(=O)C=C)cc4F)cc3)c3ccccc3)cc2)c(F)c1. The Balaban J connectivity index is 1.11. The van der Waals surface area contributed by atoms with Gasteiger partial charge in [0, 0.05) is 29.3 Å². The van der Waals surface area contributed by atoms with Gasteiger partial charge >= 0.3 is 17.9 Å². The lowest BCUT2D eigenvalue weighted by Crippen LogP contribution is -2.23. The summed E-state index contributed by atoms with van der Waals surface area (Å²) in [5.41, 5.74) is 3.23. The molecule has 0 heterocycles. The summed E-state index contributed by atoms with van der Waals surface area (Å²) in [5.74, 6) is -2.14. The van der Waals surface area contributed by atoms with Gasteiger partial charge in [0.1, 0.15) is 29.7 Å². The Bertz CT molecular complexity index is 2510. The first kappa shape index (κ1) is 48.1. The van der Waals surface area contributed by atoms with Crippen LogP contribution >= 0.6 is 0 Å². The second kappa shape index (κ2) is 25.2. The van der Waals surface area contributed by atoms with Crippen LogP contribution in [0.2, 0.25) is 0 Å². The second-order valence-corrected chi connectivity index (χ2v) is 14.8. The Hall–Kier alpha value is -7.41. The Labute approximate surface area is 382 Å². The molecule has 0 fully saturated rings. The quantitative estimate of drug-likeness (QED) is 0.0105. The molecule has 0 N–H and O–H groups in total. The third-order valence-corrected chi connectivity index (χ3v) is 10.1. The molecule has 0 aromatic heterocycles. The second-order valence-electron chi connectivity index (χ2n) is 14.8. The van der Waals surface area contributed by atoms with Gasteiger partial charge in [-0.25, -0.2) is 32.9 Å². The molecule has 0 spiro atoms. The molecule has 0 bridgehead atoms. The molecular formula is C54H50F2O10. The fourth-order valence-electron chi connectivity index (χ4n) is 6.71. The monoisotopic (exact) mass is 896 g/mol. The number of carbonyl (C=O) groups is 3. The smallest absolute Gasteiger partial charge is 0.338 e. The number of benzene rings is 6. The number of rotatable bonds is 25. The molecule has 2 atom stereocenters. The highest BCUT2D eigenvalue weighted by atomic mass is 19.1. The Morgan fingerprint density at radius 3 is 1.38 bits per heavy atom. The van der Waals surface area contributed by atoms with E-state index in [-0.39, 0.29) is 17.7 Å². The molecule has 0 unspecified atom stereocenters. The summed E-state index contributed by atoms with van der Waals surface area (Å²) in [5, 5.41) is 0. The van der Waals surface area contributed by atoms with Crippen LogP contribution in [0.4, 0.5) is 8.78 Å². The lowest BCUT2D eigenvalue weighted by atomic mass is 9.97. The first-order valence-corrected chi connectivity index (χ1v) is 21.5. The van der Waals surface area contributed by atoms with E-state index in [9.17, 15) is 14.4 Å². The van der Waals surface area contributed by atoms with Gasteiger partial charge in [-0.15, -0.1) is 6.58 Å². The first-order valence-electron chi connectivity index (χ1n) is 21.5. The first-order chi connectivity index (χ1) is 32.2. The van der Waals surface area contributed by atoms with Gasteiger partial charge in [-0.3, -0.25) is 0 Å². The van der Waals surface area contributed by atoms with Crippen LogP contribution in [0.1, 0.15) is 69.7 Å². The maximum Gasteiger partial charge on any atom is 0.338 e. The average Bonchev–Trinajstić information content (AvgIpc) is 3.35. The third-order valence-electron chi connectivity index (χ3n) is 10.1. The Morgan fingerprint density at radius 2 is 0.955 bits per heavy atom. The van der Waals surface area contributed by atoms with Crippen molar-refractivity contribution in [2.75, 3.05) is 33.0 Å². The summed E-state index contributed by atoms with van der Waals surface area (Å²) >= 11 is 0. The summed E-state index contributed by atoms with van der Waals surface area (Å²) in [6, 6.07) is 39.7. The number of ether oxygens (including phenoxy) is 5. The zero-order valence-electron chi connectivity index (χ0n) is 36.3. The summed E-state index contributed by atoms with van der Waals surface area (Å²) in [6.45, 7) is 8.54. The number of esters is 3. The highest BCUT2D eigenvalue weighted by Gasteiger charge is 2.33. The molecule has 12 heteroatoms. The van der Waals surface area contributed by atoms with Crippen molar-refractivity contribution in [3.05, 3.63) is 205 Å². The normalized spacial score (nSPS) is 11.7. The van der Waals surface area contributed by atoms with Crippen LogP contribution in [0, 0.1) is 11.6 Å². The van der Waals surface area contributed by atoms with Crippen LogP contribution in [0.15, 0.2) is 171 Å². The highest BCUT2D eigenvalue weighted by molar-refractivity contribution is 5.91. The minimum Gasteiger partial charge on any atom is -0.493 e. The number of unbranched alkanes of at least 4 members (excludes halogenated alkanes) is 2. The van der Waals surface area contributed by atoms with Gasteiger partial charge in [-0.1, -0.05) is 97.6 Å². The van der Waals surface area contributed by atoms with Gasteiger partial charge in [0.2, 0.25) is 0 Å². The molecule has 66 heavy (non-hydrogen) atoms. The van der Waals surface area contributed by atoms with Crippen molar-refractivity contribution >= 4 is 17.9 Å². The molecule has 0 aliphatic carbocycles. The molecule has 6 aromatic carbocycles. The predicted octanol–water partition coefficient (Wildman–Crippen LogP) is 12.0. The molecule has 0 saturated carbocycles. The minimum atomic E-state index is -1.09. The third kappa shape index (κ3) is 14.0. The van der Waals surface area contributed by atoms with Crippen LogP contribution in [-0.2, 0) is 28.8 Å². The standard InChI is InChI=1S/C54H50F2O10/c1-3-31-63-64-35-14-13-33-61-45-28-30-47(49(56)37-45)39-21-25-43(26-22-39)54(59)66-52(41-17-9-6-10-18-41)51(40-15-7-5-8-16-40)65-53(58)42-23-19-38(20-24-42)46-29-27-44(36-48(46)55)60-32-11-12-34-62-50(57)4-2/h3-10,15-30,36-37,51-52H,1-2,11-14,31-35H2/t51-,52-/m1/s1. The van der Waals surface area contributed by atoms with Gasteiger partial charge in [-0.2, -0.15) is 0 Å². The molecule has 0 saturated heterocycles. The zero-order chi connectivity index (χ0) is 46.5. The van der Waals surface area contributed by atoms with Crippen LogP contribution in [0.25, 0.3) is 22.3 Å². The van der Waals surface area contributed by atoms with E-state index in [0.717, 1.165) is 6.08 Å². The number of carbonyl (C=O) groups excluding carboxylic acids is 3. The fourth-order valence-corrected chi connectivity index (χ4v) is 6.71. The van der Waals surface area contributed by atoms with Crippen molar-refractivity contribution < 1.29 is 56.6 Å². The summed E-state index contributed by atoms with van der Waals surface area (Å²) in [4.78, 5) is 48.9. The number of hydrogen-bond donors (Lipinski definition) is 0. The van der Waals surface area contributed by atoms with Gasteiger partial charge in [-0.05, 0) is 96.5 Å². The van der Waals surface area contributed by atoms with Gasteiger partial charge < -0.3 is 23.7 Å². The average molecular weight is 897 g/mol. The van der Waals surface area contributed by atoms with Crippen molar-refractivity contribution in [1.82, 2.24) is 0 Å². The van der Waals surface area contributed by atoms with Crippen molar-refractivity contribution in [2.45, 2.75) is 37.9 Å². The van der Waals surface area contributed by atoms with Crippen molar-refractivity contribution in [1.29, 1.82) is 0 Å². The maximum absolute atomic E-state index is 15.3. The van der Waals surface area contributed by atoms with Crippen LogP contribution < -0.4 is 9.47 Å². The van der Waals surface area contributed by atoms with E-state index in [4.69, 9.17) is 33.5 Å². The molecular weight excluding hydrogens is 847 g/mol. The van der Waals surface area contributed by atoms with Crippen LogP contribution in [0.3, 0.4) is 0 Å². The van der Waals surface area contributed by atoms with Gasteiger partial charge in [0.25, 0.3) is 0 Å². The fraction of sp³-hybridized carbons (Fsp3) is 0.204. The topological polar surface area (TPSA) is 116 Å². The van der Waals surface area contributed by atoms with Crippen molar-refractivity contribution in [3.8, 4) is 33.8 Å². The van der Waals surface area contributed by atoms with Crippen molar-refractivity contribution in [3.63, 3.8) is 0 Å². The molecule has 0 aliphatic rings. The van der Waals surface area contributed by atoms with Crippen LogP contribution in [-0.4, -0.2) is 50.9 Å². The summed E-state index contributed by atoms with van der Waals surface area (Å²) < 4.78 is 59.3. The molecule has 340 valence electrons. The molecule has 0 radical (unpaired) electrons. The largest absolute Gasteiger partial charge is 0.493 e. The molecule has 6 aromatic rings. The molecule has 0 aliphatic heterocycles. The van der Waals surface area contributed by atoms with E-state index in [0.29, 0.717) is 97.0 Å². The van der Waals surface area contributed by atoms with E-state index in [2.05, 4.69) is 13.2 Å². The molecule has 6 rings (SSSR count). The Morgan fingerprint density at radius 1 is 0.515 bits per heavy atom. The van der Waals surface area contributed by atoms with E-state index in [1.807, 2.05) is 12.1 Å². The molecule has 10 nitrogen and oxygen atoms in total. The predicted molar refractivity (Wildman–Crippen MR) is 246 cm³/mol. The van der Waals surface area contributed by atoms with E-state index < -0.39 is 41.8 Å². The molecule has 0 amide bonds. The highest BCUT2D eigenvalue weighted by Crippen LogP contribution is 2.37. The Kier molecular flexibility index (Phi) is 18.3. The lowest BCUT2D eigenvalue weighted by molar-refractivity contribution is -0.286. The summed E-state index contributed by atoms with van der Waals surface area (Å²) in [6.07, 6.45) is 3.09. The van der Waals surface area contributed by atoms with Crippen molar-refractivity contribution in [2.24, 2.45) is 0 Å². The summed E-state index contributed by atoms with van der Waals surface area (Å²) in [7, 11) is 0.